The molecule has 1 unspecified atom stereocenters. The predicted octanol–water partition coefficient (Wildman–Crippen LogP) is 5.36. The summed E-state index contributed by atoms with van der Waals surface area (Å²) in [6, 6.07) is 13.8. The number of hydrogen-bond donors (Lipinski definition) is 2. The van der Waals surface area contributed by atoms with Crippen LogP contribution in [0.1, 0.15) is 16.8 Å². The van der Waals surface area contributed by atoms with Crippen molar-refractivity contribution in [2.45, 2.75) is 31.1 Å². The van der Waals surface area contributed by atoms with Crippen LogP contribution in [0.25, 0.3) is 0 Å². The van der Waals surface area contributed by atoms with Gasteiger partial charge in [0.1, 0.15) is 11.5 Å². The van der Waals surface area contributed by atoms with E-state index in [-0.39, 0.29) is 18.5 Å². The molecule has 1 atom stereocenters. The van der Waals surface area contributed by atoms with E-state index < -0.39 is 35.8 Å². The van der Waals surface area contributed by atoms with Crippen molar-refractivity contribution in [1.82, 2.24) is 4.98 Å². The second kappa shape index (κ2) is 11.7. The number of carboxylic acids is 1. The summed E-state index contributed by atoms with van der Waals surface area (Å²) in [5, 5.41) is 18.6. The number of anilines is 1. The van der Waals surface area contributed by atoms with Crippen LogP contribution in [0.2, 0.25) is 0 Å². The van der Waals surface area contributed by atoms with Gasteiger partial charge >= 0.3 is 18.5 Å². The number of aliphatic carboxylic acids is 1. The molecule has 1 aromatic heterocycles. The van der Waals surface area contributed by atoms with E-state index in [1.165, 1.54) is 24.3 Å². The molecule has 0 saturated carbocycles. The van der Waals surface area contributed by atoms with Crippen LogP contribution in [0.3, 0.4) is 0 Å². The van der Waals surface area contributed by atoms with E-state index in [9.17, 15) is 36.2 Å². The molecule has 0 fully saturated rings. The van der Waals surface area contributed by atoms with Gasteiger partial charge in [-0.3, -0.25) is 9.78 Å². The Morgan fingerprint density at radius 1 is 1.02 bits per heavy atom. The maximum atomic E-state index is 13.4. The lowest BCUT2D eigenvalue weighted by atomic mass is 9.90. The summed E-state index contributed by atoms with van der Waals surface area (Å²) in [6.45, 7) is 0.101. The predicted molar refractivity (Wildman–Crippen MR) is 131 cm³/mol. The van der Waals surface area contributed by atoms with Gasteiger partial charge in [-0.2, -0.15) is 13.2 Å². The molecule has 2 aromatic carbocycles. The van der Waals surface area contributed by atoms with Gasteiger partial charge in [0.15, 0.2) is 5.60 Å². The Morgan fingerprint density at radius 2 is 1.62 bits per heavy atom. The first-order valence-corrected chi connectivity index (χ1v) is 11.8. The number of fused-ring (bicyclic) bond motifs is 1. The van der Waals surface area contributed by atoms with Crippen LogP contribution in [-0.2, 0) is 28.2 Å². The highest BCUT2D eigenvalue weighted by Crippen LogP contribution is 2.45. The molecule has 40 heavy (non-hydrogen) atoms. The Kier molecular flexibility index (Phi) is 8.99. The third-order valence-corrected chi connectivity index (χ3v) is 5.99. The van der Waals surface area contributed by atoms with Gasteiger partial charge in [0.05, 0.1) is 19.3 Å². The number of carbonyl (C=O) groups excluding carboxylic acids is 1. The summed E-state index contributed by atoms with van der Waals surface area (Å²) in [5.41, 5.74) is -0.678. The molecule has 214 valence electrons. The minimum absolute atomic E-state index is 0.0181. The Morgan fingerprint density at radius 3 is 2.15 bits per heavy atom. The lowest BCUT2D eigenvalue weighted by Gasteiger charge is -2.23. The lowest BCUT2D eigenvalue weighted by molar-refractivity contribution is -0.274. The summed E-state index contributed by atoms with van der Waals surface area (Å²) in [6.07, 6.45) is -8.72. The summed E-state index contributed by atoms with van der Waals surface area (Å²) in [4.78, 5) is 27.9. The normalized spacial score (nSPS) is 16.6. The zero-order chi connectivity index (χ0) is 29.9. The van der Waals surface area contributed by atoms with Crippen molar-refractivity contribution in [2.24, 2.45) is 0 Å². The number of nitrogens with zero attached hydrogens (tertiary/aromatic N) is 2. The summed E-state index contributed by atoms with van der Waals surface area (Å²) >= 11 is 3.32. The Bertz CT molecular complexity index is 1380. The number of ether oxygens (including phenoxy) is 2. The van der Waals surface area contributed by atoms with Crippen molar-refractivity contribution < 1.29 is 55.6 Å². The van der Waals surface area contributed by atoms with Crippen molar-refractivity contribution in [3.05, 3.63) is 82.1 Å². The molecule has 4 rings (SSSR count). The van der Waals surface area contributed by atoms with Crippen LogP contribution in [0, 0.1) is 0 Å². The van der Waals surface area contributed by atoms with Gasteiger partial charge in [0.25, 0.3) is 5.91 Å². The van der Waals surface area contributed by atoms with Gasteiger partial charge in [-0.15, -0.1) is 13.2 Å². The fourth-order valence-corrected chi connectivity index (χ4v) is 4.16. The molecule has 0 saturated heterocycles. The van der Waals surface area contributed by atoms with E-state index in [0.29, 0.717) is 21.6 Å². The van der Waals surface area contributed by atoms with E-state index in [1.54, 1.807) is 36.4 Å². The smallest absolute Gasteiger partial charge is 0.497 e. The molecule has 1 aliphatic rings. The van der Waals surface area contributed by atoms with E-state index in [1.807, 2.05) is 0 Å². The molecule has 0 spiro atoms. The maximum absolute atomic E-state index is 13.4. The standard InChI is InChI=1S/C23H18BrF3N2O4.C2HF3O2/c1-32-17-4-2-14(3-5-17)13-29-20-7-6-18(33-23(25,26)27)11-19(20)22(31,21(29)30)12-16-10-15(24)8-9-28-16;3-2(4,5)1(6)7/h2-11,31H,12-13H2,1H3;(H,6,7). The topological polar surface area (TPSA) is 109 Å². The molecular formula is C25H19BrF6N2O6. The SMILES string of the molecule is COc1ccc(CN2C(=O)C(O)(Cc3cc(Br)ccn3)c3cc(OC(F)(F)F)ccc32)cc1.O=C(O)C(F)(F)F. The lowest BCUT2D eigenvalue weighted by Crippen LogP contribution is -2.41. The number of aliphatic hydroxyl groups is 1. The monoisotopic (exact) mass is 636 g/mol. The number of methoxy groups -OCH3 is 1. The van der Waals surface area contributed by atoms with Crippen LogP contribution in [0.5, 0.6) is 11.5 Å². The van der Waals surface area contributed by atoms with E-state index in [2.05, 4.69) is 25.7 Å². The number of rotatable bonds is 6. The van der Waals surface area contributed by atoms with Gasteiger partial charge in [0.2, 0.25) is 0 Å². The number of halogens is 7. The highest BCUT2D eigenvalue weighted by atomic mass is 79.9. The molecule has 0 radical (unpaired) electrons. The molecule has 1 aliphatic heterocycles. The van der Waals surface area contributed by atoms with Crippen LogP contribution in [0.4, 0.5) is 32.0 Å². The Labute approximate surface area is 230 Å². The second-order valence-corrected chi connectivity index (χ2v) is 9.19. The molecule has 1 amide bonds. The number of benzene rings is 2. The minimum Gasteiger partial charge on any atom is -0.497 e. The van der Waals surface area contributed by atoms with Gasteiger partial charge in [-0.1, -0.05) is 28.1 Å². The number of alkyl halides is 6. The molecule has 0 aliphatic carbocycles. The third-order valence-electron chi connectivity index (χ3n) is 5.49. The number of hydrogen-bond acceptors (Lipinski definition) is 6. The van der Waals surface area contributed by atoms with Gasteiger partial charge in [-0.25, -0.2) is 4.79 Å². The third kappa shape index (κ3) is 7.41. The number of aromatic nitrogens is 1. The average molecular weight is 637 g/mol. The fraction of sp³-hybridized carbons (Fsp3) is 0.240. The summed E-state index contributed by atoms with van der Waals surface area (Å²) < 4.78 is 80.0. The molecule has 15 heteroatoms. The van der Waals surface area contributed by atoms with Gasteiger partial charge < -0.3 is 24.6 Å². The van der Waals surface area contributed by atoms with Crippen molar-refractivity contribution in [1.29, 1.82) is 0 Å². The second-order valence-electron chi connectivity index (χ2n) is 8.27. The fourth-order valence-electron chi connectivity index (χ4n) is 3.78. The number of carbonyl (C=O) groups is 2. The molecule has 2 N–H and O–H groups in total. The van der Waals surface area contributed by atoms with Crippen LogP contribution in [-0.4, -0.2) is 46.7 Å². The molecular weight excluding hydrogens is 618 g/mol. The quantitative estimate of drug-likeness (QED) is 0.351. The molecule has 8 nitrogen and oxygen atoms in total. The van der Waals surface area contributed by atoms with Gasteiger partial charge in [-0.05, 0) is 48.0 Å². The maximum Gasteiger partial charge on any atom is 0.573 e. The van der Waals surface area contributed by atoms with E-state index in [0.717, 1.165) is 17.7 Å². The highest BCUT2D eigenvalue weighted by molar-refractivity contribution is 9.10. The van der Waals surface area contributed by atoms with Crippen molar-refractivity contribution in [3.63, 3.8) is 0 Å². The number of pyridine rings is 1. The van der Waals surface area contributed by atoms with Crippen LogP contribution < -0.4 is 14.4 Å². The van der Waals surface area contributed by atoms with Crippen molar-refractivity contribution in [3.8, 4) is 11.5 Å². The molecule has 0 bridgehead atoms. The minimum atomic E-state index is -5.08. The van der Waals surface area contributed by atoms with Crippen LogP contribution in [0.15, 0.2) is 65.3 Å². The first kappa shape index (κ1) is 30.7. The summed E-state index contributed by atoms with van der Waals surface area (Å²) in [7, 11) is 1.53. The number of amides is 1. The van der Waals surface area contributed by atoms with Crippen LogP contribution >= 0.6 is 15.9 Å². The van der Waals surface area contributed by atoms with Crippen molar-refractivity contribution in [2.75, 3.05) is 12.0 Å². The molecule has 2 heterocycles. The molecule has 3 aromatic rings. The first-order valence-electron chi connectivity index (χ1n) is 11.0. The summed E-state index contributed by atoms with van der Waals surface area (Å²) in [5.74, 6) is -3.31. The Hall–Kier alpha value is -3.85. The zero-order valence-corrected chi connectivity index (χ0v) is 21.8. The number of carboxylic acid groups (broad SMARTS) is 1. The van der Waals surface area contributed by atoms with E-state index >= 15 is 0 Å². The zero-order valence-electron chi connectivity index (χ0n) is 20.3. The van der Waals surface area contributed by atoms with Gasteiger partial charge in [0, 0.05) is 28.3 Å². The average Bonchev–Trinajstić information content (AvgIpc) is 3.04. The highest BCUT2D eigenvalue weighted by Gasteiger charge is 2.50. The largest absolute Gasteiger partial charge is 0.573 e. The Balaban J connectivity index is 0.000000559. The van der Waals surface area contributed by atoms with Crippen molar-refractivity contribution >= 4 is 33.5 Å². The van der Waals surface area contributed by atoms with E-state index in [4.69, 9.17) is 14.6 Å². The first-order chi connectivity index (χ1) is 18.5.